The predicted octanol–water partition coefficient (Wildman–Crippen LogP) is 7.85. The number of ether oxygens (including phenoxy) is 1. The van der Waals surface area contributed by atoms with Crippen LogP contribution in [0.1, 0.15) is 109 Å². The third-order valence-corrected chi connectivity index (χ3v) is 18.4. The molecule has 3 fully saturated rings. The van der Waals surface area contributed by atoms with Crippen molar-refractivity contribution in [1.82, 2.24) is 73.8 Å². The van der Waals surface area contributed by atoms with E-state index in [0.717, 1.165) is 199 Å². The molecule has 29 heteroatoms. The Balaban J connectivity index is 0.000000156. The largest absolute Gasteiger partial charge is 0.480 e. The van der Waals surface area contributed by atoms with Gasteiger partial charge in [0.2, 0.25) is 5.88 Å². The van der Waals surface area contributed by atoms with Crippen LogP contribution in [0.3, 0.4) is 0 Å². The molecule has 4 aliphatic heterocycles. The highest BCUT2D eigenvalue weighted by molar-refractivity contribution is 6.00. The van der Waals surface area contributed by atoms with E-state index in [1.54, 1.807) is 22.2 Å². The summed E-state index contributed by atoms with van der Waals surface area (Å²) in [5.41, 5.74) is 31.0. The van der Waals surface area contributed by atoms with E-state index in [2.05, 4.69) is 118 Å². The minimum Gasteiger partial charge on any atom is -0.480 e. The maximum absolute atomic E-state index is 13.1. The van der Waals surface area contributed by atoms with Crippen LogP contribution < -0.4 is 41.8 Å². The number of nitrogens with two attached hydrogens (primary N) is 2. The van der Waals surface area contributed by atoms with Crippen molar-refractivity contribution in [3.63, 3.8) is 0 Å². The number of aliphatic hydroxyl groups excluding tert-OH is 2. The lowest BCUT2D eigenvalue weighted by Gasteiger charge is -2.35. The van der Waals surface area contributed by atoms with E-state index in [1.165, 1.54) is 5.56 Å². The molecule has 3 saturated heterocycles. The van der Waals surface area contributed by atoms with Gasteiger partial charge < -0.3 is 66.1 Å². The van der Waals surface area contributed by atoms with Crippen molar-refractivity contribution in [2.75, 3.05) is 140 Å². The molecule has 4 aliphatic rings. The number of unbranched alkanes of at least 4 members (excludes halogenated alkanes) is 1. The summed E-state index contributed by atoms with van der Waals surface area (Å²) in [7, 11) is 8.01. The fourth-order valence-electron chi connectivity index (χ4n) is 12.6. The van der Waals surface area contributed by atoms with Gasteiger partial charge >= 0.3 is 6.18 Å². The molecule has 0 aliphatic carbocycles. The molecule has 3 aromatic carbocycles. The predicted molar refractivity (Wildman–Crippen MR) is 393 cm³/mol. The Morgan fingerprint density at radius 1 is 0.608 bits per heavy atom. The number of amides is 2. The SMILES string of the molecule is CCCCO.COc1cc2c(C)nc(C)cn2n1.Cc1cc(N2CCN(C)CC2)cc(C(N)=O)c1N.Cc1cn2nc(-c3nc4c(C)cc(N5CCN(C)CC5)cc4c(=O)[nH]3)cc2c(C)n1.Cc1cn2nc(C3Cc4c(C)cc(N5CCN(C)CC5)cc4C(=O)N3)cc2c(C)n1.OCC(F)(F)F. The van der Waals surface area contributed by atoms with Crippen molar-refractivity contribution < 1.29 is 37.7 Å². The quantitative estimate of drug-likeness (QED) is 0.0750. The summed E-state index contributed by atoms with van der Waals surface area (Å²) in [4.78, 5) is 72.4. The normalized spacial score (nSPS) is 15.8. The molecule has 102 heavy (non-hydrogen) atoms. The Morgan fingerprint density at radius 2 is 1.07 bits per heavy atom. The number of halogens is 3. The molecule has 0 radical (unpaired) electrons. The number of anilines is 4. The molecule has 10 aromatic rings. The third kappa shape index (κ3) is 18.8. The first-order chi connectivity index (χ1) is 48.4. The molecule has 0 spiro atoms. The molecule has 8 N–H and O–H groups in total. The van der Waals surface area contributed by atoms with Crippen molar-refractivity contribution >= 4 is 62.0 Å². The van der Waals surface area contributed by atoms with Gasteiger partial charge in [-0.1, -0.05) is 13.3 Å². The molecule has 26 nitrogen and oxygen atoms in total. The molecule has 0 bridgehead atoms. The van der Waals surface area contributed by atoms with E-state index < -0.39 is 18.7 Å². The third-order valence-electron chi connectivity index (χ3n) is 18.4. The van der Waals surface area contributed by atoms with E-state index >= 15 is 0 Å². The first kappa shape index (κ1) is 76.4. The number of aliphatic hydroxyl groups is 2. The number of primary amides is 1. The second kappa shape index (κ2) is 33.3. The average Bonchev–Trinajstić information content (AvgIpc) is 0.907. The number of hydrogen-bond donors (Lipinski definition) is 6. The number of methoxy groups -OCH3 is 1. The molecule has 14 rings (SSSR count). The van der Waals surface area contributed by atoms with Crippen molar-refractivity contribution in [1.29, 1.82) is 0 Å². The van der Waals surface area contributed by atoms with Crippen LogP contribution in [0.4, 0.5) is 35.9 Å². The van der Waals surface area contributed by atoms with E-state index in [0.29, 0.717) is 40.6 Å². The highest BCUT2D eigenvalue weighted by Crippen LogP contribution is 2.34. The Morgan fingerprint density at radius 3 is 1.55 bits per heavy atom. The van der Waals surface area contributed by atoms with Crippen LogP contribution in [0.25, 0.3) is 39.0 Å². The van der Waals surface area contributed by atoms with Gasteiger partial charge in [-0.25, -0.2) is 18.5 Å². The summed E-state index contributed by atoms with van der Waals surface area (Å²) < 4.78 is 42.1. The Labute approximate surface area is 592 Å². The van der Waals surface area contributed by atoms with Gasteiger partial charge in [-0.15, -0.1) is 5.10 Å². The van der Waals surface area contributed by atoms with Crippen LogP contribution in [0.5, 0.6) is 5.88 Å². The van der Waals surface area contributed by atoms with Crippen molar-refractivity contribution in [3.8, 4) is 17.4 Å². The van der Waals surface area contributed by atoms with Gasteiger partial charge in [0, 0.05) is 120 Å². The highest BCUT2D eigenvalue weighted by Gasteiger charge is 2.31. The molecule has 0 saturated carbocycles. The van der Waals surface area contributed by atoms with Gasteiger partial charge in [0.25, 0.3) is 17.4 Å². The van der Waals surface area contributed by atoms with Crippen molar-refractivity contribution in [2.45, 2.75) is 101 Å². The zero-order chi connectivity index (χ0) is 74.0. The highest BCUT2D eigenvalue weighted by atomic mass is 19.4. The molecule has 1 atom stereocenters. The number of likely N-dealkylation sites (N-methyl/N-ethyl adjacent to an activating group) is 3. The Bertz CT molecular complexity index is 4660. The number of rotatable bonds is 9. The number of fused-ring (bicyclic) bond motifs is 5. The molecule has 11 heterocycles. The maximum Gasteiger partial charge on any atom is 0.411 e. The van der Waals surface area contributed by atoms with Crippen LogP contribution in [0.2, 0.25) is 0 Å². The average molecular weight is 1410 g/mol. The summed E-state index contributed by atoms with van der Waals surface area (Å²) in [6, 6.07) is 17.9. The zero-order valence-electron chi connectivity index (χ0n) is 61.0. The number of aromatic nitrogens is 11. The van der Waals surface area contributed by atoms with Gasteiger partial charge in [0.05, 0.1) is 105 Å². The first-order valence-corrected chi connectivity index (χ1v) is 34.3. The van der Waals surface area contributed by atoms with E-state index in [-0.39, 0.29) is 17.5 Å². The first-order valence-electron chi connectivity index (χ1n) is 34.3. The number of piperazine rings is 3. The van der Waals surface area contributed by atoms with Gasteiger partial charge in [0.1, 0.15) is 12.3 Å². The number of carbonyl (C=O) groups excluding carboxylic acids is 2. The minimum absolute atomic E-state index is 0.0107. The minimum atomic E-state index is -4.40. The Kier molecular flexibility index (Phi) is 25.0. The van der Waals surface area contributed by atoms with Gasteiger partial charge in [0.15, 0.2) is 5.82 Å². The van der Waals surface area contributed by atoms with Crippen molar-refractivity contribution in [2.24, 2.45) is 5.73 Å². The zero-order valence-corrected chi connectivity index (χ0v) is 61.0. The van der Waals surface area contributed by atoms with E-state index in [1.807, 2.05) is 109 Å². The lowest BCUT2D eigenvalue weighted by atomic mass is 9.89. The van der Waals surface area contributed by atoms with Gasteiger partial charge in [-0.2, -0.15) is 23.4 Å². The Hall–Kier alpha value is -9.81. The van der Waals surface area contributed by atoms with Crippen molar-refractivity contribution in [3.05, 3.63) is 157 Å². The number of nitrogens with zero attached hydrogens (tertiary/aromatic N) is 16. The number of nitrogen functional groups attached to an aromatic ring is 1. The molecule has 7 aromatic heterocycles. The second-order valence-corrected chi connectivity index (χ2v) is 26.6. The van der Waals surface area contributed by atoms with Crippen LogP contribution in [-0.4, -0.2) is 217 Å². The lowest BCUT2D eigenvalue weighted by Crippen LogP contribution is -2.44. The summed E-state index contributed by atoms with van der Waals surface area (Å²) in [6.45, 7) is 30.5. The monoisotopic (exact) mass is 1410 g/mol. The number of H-pyrrole nitrogens is 1. The van der Waals surface area contributed by atoms with Crippen LogP contribution in [0, 0.1) is 62.3 Å². The van der Waals surface area contributed by atoms with Crippen LogP contribution in [-0.2, 0) is 6.42 Å². The topological polar surface area (TPSA) is 304 Å². The smallest absolute Gasteiger partial charge is 0.411 e. The van der Waals surface area contributed by atoms with Gasteiger partial charge in [-0.05, 0) is 167 Å². The maximum atomic E-state index is 13.1. The molecular weight excluding hydrogens is 1310 g/mol. The number of carbonyl (C=O) groups is 2. The van der Waals surface area contributed by atoms with E-state index in [4.69, 9.17) is 36.5 Å². The fourth-order valence-corrected chi connectivity index (χ4v) is 12.6. The van der Waals surface area contributed by atoms with E-state index in [9.17, 15) is 27.6 Å². The summed E-state index contributed by atoms with van der Waals surface area (Å²) in [5, 5.41) is 32.7. The summed E-state index contributed by atoms with van der Waals surface area (Å²) in [6.07, 6.45) is 4.07. The van der Waals surface area contributed by atoms with Gasteiger partial charge in [-0.3, -0.25) is 29.3 Å². The number of hydrogen-bond acceptors (Lipinski definition) is 20. The van der Waals surface area contributed by atoms with Crippen LogP contribution in [0.15, 0.2) is 78.0 Å². The summed E-state index contributed by atoms with van der Waals surface area (Å²) >= 11 is 0. The number of nitrogens with one attached hydrogen (secondary N) is 2. The molecule has 546 valence electrons. The second-order valence-electron chi connectivity index (χ2n) is 26.6. The number of benzene rings is 3. The fraction of sp³-hybridized carbons (Fsp3) is 0.452. The molecule has 2 amide bonds. The number of aromatic amines is 1. The molecule has 1 unspecified atom stereocenters. The number of alkyl halides is 3. The summed E-state index contributed by atoms with van der Waals surface area (Å²) in [5.74, 6) is 0.620. The van der Waals surface area contributed by atoms with Crippen LogP contribution >= 0.6 is 0 Å². The lowest BCUT2D eigenvalue weighted by molar-refractivity contribution is -0.159. The standard InChI is InChI=1S/C23H28N6O.C22H25N7O.C13H20N4O.C9H11N3O.C4H10O.C2H3F3O/c1-14-9-17(28-7-5-27(4)6-8-28)10-19-18(14)11-20(25-23(19)30)21-12-22-16(3)24-15(2)13-29(22)26-21;1-13-9-16(28-7-5-27(4)6-8-28)10-17-20(13)24-21(25-22(17)30)18-11-19-15(3)23-14(2)12-29(19)26-18;1-9-7-10(8-11(12(9)14)13(15)18)17-5-3-16(2)4-6-17;1-6-5-12-8(7(2)10-6)4-9(11-12)13-3;1-2-3-4-5;3-2(4,5)1-6/h9-10,12-13,20H,5-8,11H2,1-4H3,(H,25,30);9-12H,5-8H2,1-4H3,(H,24,25,30);7-8H,3-6,14H2,1-2H3,(H2,15,18);4-5H,1-3H3;5H,2-4H2,1H3;6H,1H2. The number of aryl methyl sites for hydroxylation is 9. The molecular formula is C73H97F3N20O6.